The van der Waals surface area contributed by atoms with Crippen molar-refractivity contribution in [3.05, 3.63) is 29.0 Å². The fourth-order valence-electron chi connectivity index (χ4n) is 2.68. The second-order valence-electron chi connectivity index (χ2n) is 6.08. The molecule has 1 aliphatic heterocycles. The zero-order valence-corrected chi connectivity index (χ0v) is 15.8. The number of nitrogens with zero attached hydrogens (tertiary/aromatic N) is 2. The highest BCUT2D eigenvalue weighted by atomic mass is 35.5. The van der Waals surface area contributed by atoms with Gasteiger partial charge in [-0.1, -0.05) is 11.6 Å². The Bertz CT molecular complexity index is 719. The molecule has 9 heteroatoms. The molecule has 1 amide bonds. The van der Waals surface area contributed by atoms with E-state index >= 15 is 0 Å². The molecule has 0 saturated carbocycles. The second-order valence-corrected chi connectivity index (χ2v) is 8.92. The summed E-state index contributed by atoms with van der Waals surface area (Å²) in [7, 11) is -0.243. The molecule has 1 saturated heterocycles. The molecule has 1 fully saturated rings. The maximum absolute atomic E-state index is 13.1. The first kappa shape index (κ1) is 19.9. The summed E-state index contributed by atoms with van der Waals surface area (Å²) < 4.78 is 43.9. The Labute approximate surface area is 152 Å². The molecule has 1 aliphatic rings. The van der Waals surface area contributed by atoms with Gasteiger partial charge in [-0.05, 0) is 25.0 Å². The molecule has 0 aliphatic carbocycles. The minimum atomic E-state index is -3.28. The van der Waals surface area contributed by atoms with Crippen molar-refractivity contribution in [2.75, 3.05) is 33.8 Å². The summed E-state index contributed by atoms with van der Waals surface area (Å²) in [5.41, 5.74) is 0. The van der Waals surface area contributed by atoms with Gasteiger partial charge in [0.25, 0.3) is 0 Å². The van der Waals surface area contributed by atoms with Gasteiger partial charge < -0.3 is 9.64 Å². The minimum Gasteiger partial charge on any atom is -0.493 e. The fourth-order valence-corrected chi connectivity index (χ4v) is 4.26. The summed E-state index contributed by atoms with van der Waals surface area (Å²) in [6.45, 7) is 0.981. The topological polar surface area (TPSA) is 66.9 Å². The van der Waals surface area contributed by atoms with Gasteiger partial charge in [0, 0.05) is 33.3 Å². The maximum atomic E-state index is 13.1. The van der Waals surface area contributed by atoms with E-state index in [1.165, 1.54) is 36.6 Å². The van der Waals surface area contributed by atoms with Gasteiger partial charge in [0.1, 0.15) is 11.6 Å². The molecule has 0 unspecified atom stereocenters. The van der Waals surface area contributed by atoms with Crippen LogP contribution in [0.4, 0.5) is 4.39 Å². The van der Waals surface area contributed by atoms with Crippen LogP contribution in [0.25, 0.3) is 0 Å². The number of sulfonamides is 1. The van der Waals surface area contributed by atoms with Crippen molar-refractivity contribution >= 4 is 27.5 Å². The maximum Gasteiger partial charge on any atom is 0.225 e. The van der Waals surface area contributed by atoms with Crippen LogP contribution in [-0.2, 0) is 14.8 Å². The smallest absolute Gasteiger partial charge is 0.225 e. The van der Waals surface area contributed by atoms with Crippen LogP contribution in [0, 0.1) is 5.82 Å². The molecule has 0 radical (unpaired) electrons. The second kappa shape index (κ2) is 8.33. The number of hydrogen-bond acceptors (Lipinski definition) is 4. The van der Waals surface area contributed by atoms with Crippen LogP contribution in [0.3, 0.4) is 0 Å². The normalized spacial score (nSPS) is 16.3. The third-order valence-corrected chi connectivity index (χ3v) is 6.82. The number of piperidine rings is 1. The summed E-state index contributed by atoms with van der Waals surface area (Å²) in [5, 5.41) is -0.475. The summed E-state index contributed by atoms with van der Waals surface area (Å²) in [6, 6.07) is 4.01. The van der Waals surface area contributed by atoms with Gasteiger partial charge in [0.15, 0.2) is 0 Å². The van der Waals surface area contributed by atoms with Crippen molar-refractivity contribution < 1.29 is 22.3 Å². The van der Waals surface area contributed by atoms with Gasteiger partial charge >= 0.3 is 0 Å². The lowest BCUT2D eigenvalue weighted by molar-refractivity contribution is -0.132. The summed E-state index contributed by atoms with van der Waals surface area (Å²) in [6.07, 6.45) is 1.03. The summed E-state index contributed by atoms with van der Waals surface area (Å²) >= 11 is 5.67. The first-order valence-electron chi connectivity index (χ1n) is 7.99. The molecular formula is C16H22ClFN2O4S. The summed E-state index contributed by atoms with van der Waals surface area (Å²) in [4.78, 5) is 13.9. The number of amides is 1. The largest absolute Gasteiger partial charge is 0.493 e. The molecule has 1 aromatic rings. The summed E-state index contributed by atoms with van der Waals surface area (Å²) in [5.74, 6) is -0.218. The van der Waals surface area contributed by atoms with Crippen LogP contribution in [0.15, 0.2) is 18.2 Å². The van der Waals surface area contributed by atoms with E-state index in [0.717, 1.165) is 0 Å². The van der Waals surface area contributed by atoms with E-state index in [1.807, 2.05) is 0 Å². The highest BCUT2D eigenvalue weighted by Gasteiger charge is 2.32. The molecule has 140 valence electrons. The first-order valence-corrected chi connectivity index (χ1v) is 9.87. The number of hydrogen-bond donors (Lipinski definition) is 0. The average molecular weight is 393 g/mol. The standard InChI is InChI=1S/C16H22ClFN2O4S/c1-19(2)25(22,23)13-5-8-20(9-6-13)16(21)7-10-24-12-3-4-15(18)14(17)11-12/h3-4,11,13H,5-10H2,1-2H3. The third-order valence-electron chi connectivity index (χ3n) is 4.20. The van der Waals surface area contributed by atoms with E-state index in [2.05, 4.69) is 0 Å². The van der Waals surface area contributed by atoms with Gasteiger partial charge in [-0.25, -0.2) is 17.1 Å². The van der Waals surface area contributed by atoms with Crippen molar-refractivity contribution in [1.29, 1.82) is 0 Å². The van der Waals surface area contributed by atoms with Crippen LogP contribution in [0.5, 0.6) is 5.75 Å². The minimum absolute atomic E-state index is 0.0343. The molecule has 2 rings (SSSR count). The van der Waals surface area contributed by atoms with Crippen LogP contribution in [0.1, 0.15) is 19.3 Å². The van der Waals surface area contributed by atoms with Crippen molar-refractivity contribution in [1.82, 2.24) is 9.21 Å². The molecule has 6 nitrogen and oxygen atoms in total. The van der Waals surface area contributed by atoms with E-state index < -0.39 is 21.1 Å². The zero-order valence-electron chi connectivity index (χ0n) is 14.2. The number of carbonyl (C=O) groups is 1. The highest BCUT2D eigenvalue weighted by molar-refractivity contribution is 7.89. The van der Waals surface area contributed by atoms with Crippen molar-refractivity contribution in [3.63, 3.8) is 0 Å². The highest BCUT2D eigenvalue weighted by Crippen LogP contribution is 2.22. The Morgan fingerprint density at radius 3 is 2.56 bits per heavy atom. The lowest BCUT2D eigenvalue weighted by atomic mass is 10.1. The molecule has 0 spiro atoms. The predicted octanol–water partition coefficient (Wildman–Crippen LogP) is 2.13. The Hall–Kier alpha value is -1.38. The number of halogens is 2. The van der Waals surface area contributed by atoms with Gasteiger partial charge in [0.2, 0.25) is 15.9 Å². The predicted molar refractivity (Wildman–Crippen MR) is 93.7 cm³/mol. The third kappa shape index (κ3) is 5.05. The Morgan fingerprint density at radius 2 is 2.00 bits per heavy atom. The molecule has 1 heterocycles. The average Bonchev–Trinajstić information content (AvgIpc) is 2.58. The molecule has 1 aromatic carbocycles. The lowest BCUT2D eigenvalue weighted by Gasteiger charge is -2.32. The molecule has 0 N–H and O–H groups in total. The monoisotopic (exact) mass is 392 g/mol. The Morgan fingerprint density at radius 1 is 1.36 bits per heavy atom. The number of carbonyl (C=O) groups excluding carboxylic acids is 1. The van der Waals surface area contributed by atoms with Gasteiger partial charge in [-0.3, -0.25) is 4.79 Å². The van der Waals surface area contributed by atoms with Crippen LogP contribution in [-0.4, -0.2) is 62.6 Å². The van der Waals surface area contributed by atoms with Gasteiger partial charge in [-0.15, -0.1) is 0 Å². The zero-order chi connectivity index (χ0) is 18.6. The quantitative estimate of drug-likeness (QED) is 0.743. The SMILES string of the molecule is CN(C)S(=O)(=O)C1CCN(C(=O)CCOc2ccc(F)c(Cl)c2)CC1. The molecular weight excluding hydrogens is 371 g/mol. The van der Waals surface area contributed by atoms with E-state index in [9.17, 15) is 17.6 Å². The van der Waals surface area contributed by atoms with Crippen LogP contribution >= 0.6 is 11.6 Å². The molecule has 0 atom stereocenters. The Kier molecular flexibility index (Phi) is 6.65. The van der Waals surface area contributed by atoms with Crippen molar-refractivity contribution in [2.45, 2.75) is 24.5 Å². The number of likely N-dealkylation sites (tertiary alicyclic amines) is 1. The Balaban J connectivity index is 1.78. The fraction of sp³-hybridized carbons (Fsp3) is 0.562. The van der Waals surface area contributed by atoms with E-state index in [1.54, 1.807) is 4.90 Å². The molecule has 0 aromatic heterocycles. The van der Waals surface area contributed by atoms with Gasteiger partial charge in [0.05, 0.1) is 23.3 Å². The molecule has 0 bridgehead atoms. The van der Waals surface area contributed by atoms with Crippen LogP contribution in [0.2, 0.25) is 5.02 Å². The first-order chi connectivity index (χ1) is 11.7. The lowest BCUT2D eigenvalue weighted by Crippen LogP contribution is -2.45. The van der Waals surface area contributed by atoms with E-state index in [0.29, 0.717) is 31.7 Å². The number of ether oxygens (including phenoxy) is 1. The van der Waals surface area contributed by atoms with E-state index in [4.69, 9.17) is 16.3 Å². The molecule has 25 heavy (non-hydrogen) atoms. The van der Waals surface area contributed by atoms with Gasteiger partial charge in [-0.2, -0.15) is 0 Å². The van der Waals surface area contributed by atoms with Crippen LogP contribution < -0.4 is 4.74 Å². The van der Waals surface area contributed by atoms with Crippen molar-refractivity contribution in [3.8, 4) is 5.75 Å². The van der Waals surface area contributed by atoms with E-state index in [-0.39, 0.29) is 24.0 Å². The van der Waals surface area contributed by atoms with Crippen molar-refractivity contribution in [2.24, 2.45) is 0 Å². The number of benzene rings is 1. The number of rotatable bonds is 6.